The fourth-order valence-electron chi connectivity index (χ4n) is 5.18. The van der Waals surface area contributed by atoms with Gasteiger partial charge in [0.15, 0.2) is 0 Å². The van der Waals surface area contributed by atoms with E-state index < -0.39 is 23.4 Å². The maximum absolute atomic E-state index is 13.6. The Morgan fingerprint density at radius 3 is 2.33 bits per heavy atom. The Labute approximate surface area is 232 Å². The summed E-state index contributed by atoms with van der Waals surface area (Å²) >= 11 is 0. The monoisotopic (exact) mass is 567 g/mol. The molecule has 2 aromatic rings. The van der Waals surface area contributed by atoms with E-state index in [2.05, 4.69) is 5.32 Å². The molecule has 1 aliphatic carbocycles. The summed E-state index contributed by atoms with van der Waals surface area (Å²) in [6, 6.07) is 12.4. The number of phenolic OH excluding ortho intramolecular Hbond substituents is 1. The molecule has 1 atom stereocenters. The fraction of sp³-hybridized carbons (Fsp3) is 0.548. The number of hydrogen-bond donors (Lipinski definition) is 2. The molecule has 0 saturated carbocycles. The zero-order chi connectivity index (χ0) is 28.1. The fourth-order valence-corrected chi connectivity index (χ4v) is 6.38. The minimum atomic E-state index is -4.12. The van der Waals surface area contributed by atoms with E-state index in [4.69, 9.17) is 0 Å². The Morgan fingerprint density at radius 1 is 0.846 bits per heavy atom. The first-order valence-electron chi connectivity index (χ1n) is 14.2. The zero-order valence-electron chi connectivity index (χ0n) is 22.6. The van der Waals surface area contributed by atoms with Gasteiger partial charge in [-0.25, -0.2) is 4.39 Å². The van der Waals surface area contributed by atoms with E-state index in [9.17, 15) is 26.9 Å². The summed E-state index contributed by atoms with van der Waals surface area (Å²) in [6.07, 6.45) is 4.31. The van der Waals surface area contributed by atoms with Gasteiger partial charge in [-0.1, -0.05) is 31.0 Å². The first-order chi connectivity index (χ1) is 18.7. The Kier molecular flexibility index (Phi) is 13.0. The van der Waals surface area contributed by atoms with Gasteiger partial charge in [-0.3, -0.25) is 4.21 Å². The highest BCUT2D eigenvalue weighted by Crippen LogP contribution is 2.39. The van der Waals surface area contributed by atoms with Crippen LogP contribution in [0.2, 0.25) is 0 Å². The van der Waals surface area contributed by atoms with Gasteiger partial charge in [0, 0.05) is 28.7 Å². The maximum Gasteiger partial charge on any atom is 0.389 e. The quantitative estimate of drug-likeness (QED) is 0.159. The number of nitrogens with one attached hydrogen (secondary N) is 1. The number of aryl methyl sites for hydroxylation is 1. The summed E-state index contributed by atoms with van der Waals surface area (Å²) in [7, 11) is -1.04. The van der Waals surface area contributed by atoms with Gasteiger partial charge < -0.3 is 10.4 Å². The van der Waals surface area contributed by atoms with Crippen molar-refractivity contribution < 1.29 is 26.9 Å². The summed E-state index contributed by atoms with van der Waals surface area (Å²) in [4.78, 5) is 0. The number of fused-ring (bicyclic) bond motifs is 1. The van der Waals surface area contributed by atoms with Gasteiger partial charge in [-0.05, 0) is 123 Å². The number of allylic oxidation sites excluding steroid dienone is 2. The normalized spacial score (nSPS) is 14.8. The van der Waals surface area contributed by atoms with Crippen molar-refractivity contribution in [2.45, 2.75) is 83.2 Å². The number of benzene rings is 2. The van der Waals surface area contributed by atoms with Crippen molar-refractivity contribution in [1.29, 1.82) is 0 Å². The lowest BCUT2D eigenvalue weighted by atomic mass is 9.89. The highest BCUT2D eigenvalue weighted by molar-refractivity contribution is 7.84. The molecule has 2 aromatic carbocycles. The number of hydrogen-bond acceptors (Lipinski definition) is 3. The molecule has 216 valence electrons. The summed E-state index contributed by atoms with van der Waals surface area (Å²) in [5.41, 5.74) is 6.02. The molecule has 0 bridgehead atoms. The minimum absolute atomic E-state index is 0.0500. The largest absolute Gasteiger partial charge is 0.508 e. The van der Waals surface area contributed by atoms with Crippen molar-refractivity contribution in [2.24, 2.45) is 0 Å². The van der Waals surface area contributed by atoms with Crippen LogP contribution in [0.5, 0.6) is 5.75 Å². The maximum atomic E-state index is 13.6. The highest BCUT2D eigenvalue weighted by Gasteiger charge is 2.26. The predicted octanol–water partition coefficient (Wildman–Crippen LogP) is 8.19. The third-order valence-corrected chi connectivity index (χ3v) is 8.67. The molecule has 3 rings (SSSR count). The second kappa shape index (κ2) is 16.2. The molecule has 1 aliphatic rings. The van der Waals surface area contributed by atoms with Gasteiger partial charge in [0.1, 0.15) is 11.6 Å². The molecule has 0 radical (unpaired) electrons. The molecule has 0 aromatic heterocycles. The van der Waals surface area contributed by atoms with Crippen LogP contribution < -0.4 is 5.32 Å². The number of alkyl halides is 3. The summed E-state index contributed by atoms with van der Waals surface area (Å²) < 4.78 is 61.9. The Balaban J connectivity index is 1.37. The average Bonchev–Trinajstić information content (AvgIpc) is 3.06. The smallest absolute Gasteiger partial charge is 0.389 e. The second-order valence-electron chi connectivity index (χ2n) is 10.3. The molecule has 0 fully saturated rings. The van der Waals surface area contributed by atoms with E-state index in [1.54, 1.807) is 6.07 Å². The molecule has 0 saturated heterocycles. The minimum Gasteiger partial charge on any atom is -0.508 e. The molecule has 39 heavy (non-hydrogen) atoms. The lowest BCUT2D eigenvalue weighted by Gasteiger charge is -2.16. The first kappa shape index (κ1) is 31.3. The van der Waals surface area contributed by atoms with Gasteiger partial charge in [-0.2, -0.15) is 13.2 Å². The molecule has 0 spiro atoms. The van der Waals surface area contributed by atoms with Gasteiger partial charge in [0.25, 0.3) is 0 Å². The lowest BCUT2D eigenvalue weighted by Crippen LogP contribution is -2.19. The average molecular weight is 568 g/mol. The van der Waals surface area contributed by atoms with Crippen LogP contribution in [0, 0.1) is 5.82 Å². The number of rotatable bonds is 16. The van der Waals surface area contributed by atoms with Crippen LogP contribution in [0.4, 0.5) is 17.6 Å². The van der Waals surface area contributed by atoms with Crippen LogP contribution in [0.1, 0.15) is 87.3 Å². The molecular weight excluding hydrogens is 526 g/mol. The van der Waals surface area contributed by atoms with E-state index in [-0.39, 0.29) is 18.0 Å². The van der Waals surface area contributed by atoms with Crippen LogP contribution in [-0.2, 0) is 17.2 Å². The number of unbranched alkanes of at least 4 members (excludes halogenated alkanes) is 4. The summed E-state index contributed by atoms with van der Waals surface area (Å²) in [5, 5.41) is 13.4. The predicted molar refractivity (Wildman–Crippen MR) is 153 cm³/mol. The first-order valence-corrected chi connectivity index (χ1v) is 15.6. The molecule has 1 unspecified atom stereocenters. The van der Waals surface area contributed by atoms with Crippen LogP contribution >= 0.6 is 0 Å². The third kappa shape index (κ3) is 11.4. The molecule has 0 heterocycles. The van der Waals surface area contributed by atoms with Gasteiger partial charge in [0.05, 0.1) is 0 Å². The van der Waals surface area contributed by atoms with Crippen molar-refractivity contribution >= 4 is 21.9 Å². The van der Waals surface area contributed by atoms with Gasteiger partial charge in [0.2, 0.25) is 0 Å². The Morgan fingerprint density at radius 2 is 1.56 bits per heavy atom. The molecule has 3 nitrogen and oxygen atoms in total. The molecular formula is C31H41F4NO2S. The van der Waals surface area contributed by atoms with Gasteiger partial charge in [-0.15, -0.1) is 0 Å². The van der Waals surface area contributed by atoms with Crippen molar-refractivity contribution in [3.05, 3.63) is 65.0 Å². The SMILES string of the molecule is O=S(CCCCC(F)(F)F)CCCNCCCCCCC1=C(c2ccc(F)cc2)CCCc2cc(O)ccc21. The standard InChI is InChI=1S/C31H41F4NO2S/c32-26-14-12-24(13-15-26)28-11-7-9-25-23-27(37)16-17-29(25)30(28)10-3-1-2-5-19-36-20-8-22-39(38)21-6-4-18-31(33,34)35/h12-17,23,36-37H,1-11,18-22H2. The number of phenols is 1. The van der Waals surface area contributed by atoms with E-state index in [1.807, 2.05) is 24.3 Å². The van der Waals surface area contributed by atoms with Crippen molar-refractivity contribution in [3.63, 3.8) is 0 Å². The van der Waals surface area contributed by atoms with Crippen molar-refractivity contribution in [2.75, 3.05) is 24.6 Å². The zero-order valence-corrected chi connectivity index (χ0v) is 23.4. The van der Waals surface area contributed by atoms with Crippen LogP contribution in [0.25, 0.3) is 11.1 Å². The topological polar surface area (TPSA) is 49.3 Å². The second-order valence-corrected chi connectivity index (χ2v) is 12.0. The van der Waals surface area contributed by atoms with Crippen LogP contribution in [0.15, 0.2) is 42.5 Å². The van der Waals surface area contributed by atoms with Crippen LogP contribution in [0.3, 0.4) is 0 Å². The molecule has 8 heteroatoms. The number of aromatic hydroxyl groups is 1. The lowest BCUT2D eigenvalue weighted by molar-refractivity contribution is -0.135. The van der Waals surface area contributed by atoms with E-state index >= 15 is 0 Å². The van der Waals surface area contributed by atoms with Crippen molar-refractivity contribution in [1.82, 2.24) is 5.32 Å². The van der Waals surface area contributed by atoms with Gasteiger partial charge >= 0.3 is 6.18 Å². The summed E-state index contributed by atoms with van der Waals surface area (Å²) in [6.45, 7) is 1.66. The van der Waals surface area contributed by atoms with E-state index in [0.29, 0.717) is 17.9 Å². The third-order valence-electron chi connectivity index (χ3n) is 7.18. The molecule has 2 N–H and O–H groups in total. The molecule has 0 amide bonds. The molecule has 0 aliphatic heterocycles. The van der Waals surface area contributed by atoms with Crippen molar-refractivity contribution in [3.8, 4) is 5.75 Å². The van der Waals surface area contributed by atoms with Crippen LogP contribution in [-0.4, -0.2) is 40.1 Å². The van der Waals surface area contributed by atoms with E-state index in [1.165, 1.54) is 34.4 Å². The van der Waals surface area contributed by atoms with E-state index in [0.717, 1.165) is 76.4 Å². The Bertz CT molecular complexity index is 1080. The number of halogens is 4. The highest BCUT2D eigenvalue weighted by atomic mass is 32.2. The summed E-state index contributed by atoms with van der Waals surface area (Å²) in [5.74, 6) is 0.935. The Hall–Kier alpha value is -2.19.